The molecule has 0 amide bonds. The lowest BCUT2D eigenvalue weighted by Crippen LogP contribution is -2.09. The molecule has 0 aliphatic rings. The third kappa shape index (κ3) is 1.70. The summed E-state index contributed by atoms with van der Waals surface area (Å²) >= 11 is 0. The van der Waals surface area contributed by atoms with Crippen molar-refractivity contribution in [1.29, 1.82) is 0 Å². The second-order valence-corrected chi connectivity index (χ2v) is 4.32. The van der Waals surface area contributed by atoms with Gasteiger partial charge in [0.25, 0.3) is 5.56 Å². The summed E-state index contributed by atoms with van der Waals surface area (Å²) in [5.41, 5.74) is 2.85. The Hall–Kier alpha value is -2.42. The molecule has 1 N–H and O–H groups in total. The predicted molar refractivity (Wildman–Crippen MR) is 72.5 cm³/mol. The minimum absolute atomic E-state index is 0.151. The molecule has 1 heterocycles. The molecular weight excluding hydrogens is 224 g/mol. The Balaban J connectivity index is 2.37. The molecule has 1 aromatic heterocycles. The van der Waals surface area contributed by atoms with Gasteiger partial charge in [-0.25, -0.2) is 5.10 Å². The first-order valence-corrected chi connectivity index (χ1v) is 5.80. The van der Waals surface area contributed by atoms with Crippen LogP contribution in [0.4, 0.5) is 0 Å². The average molecular weight is 236 g/mol. The zero-order valence-electron chi connectivity index (χ0n) is 9.97. The summed E-state index contributed by atoms with van der Waals surface area (Å²) in [5.74, 6) is 0. The molecule has 88 valence electrons. The summed E-state index contributed by atoms with van der Waals surface area (Å²) < 4.78 is 0. The number of H-pyrrole nitrogens is 1. The number of aromatic amines is 1. The molecule has 0 saturated carbocycles. The van der Waals surface area contributed by atoms with Gasteiger partial charge in [0, 0.05) is 10.9 Å². The van der Waals surface area contributed by atoms with Crippen molar-refractivity contribution in [2.45, 2.75) is 6.92 Å². The van der Waals surface area contributed by atoms with Crippen LogP contribution in [-0.2, 0) is 0 Å². The number of benzene rings is 2. The van der Waals surface area contributed by atoms with Gasteiger partial charge in [-0.1, -0.05) is 42.0 Å². The van der Waals surface area contributed by atoms with E-state index in [1.165, 1.54) is 5.56 Å². The van der Waals surface area contributed by atoms with Crippen LogP contribution >= 0.6 is 0 Å². The third-order valence-corrected chi connectivity index (χ3v) is 2.99. The van der Waals surface area contributed by atoms with E-state index in [1.54, 1.807) is 0 Å². The first kappa shape index (κ1) is 10.7. The van der Waals surface area contributed by atoms with E-state index in [0.29, 0.717) is 5.39 Å². The molecule has 3 heteroatoms. The topological polar surface area (TPSA) is 45.8 Å². The summed E-state index contributed by atoms with van der Waals surface area (Å²) in [6, 6.07) is 15.6. The second kappa shape index (κ2) is 4.11. The Kier molecular flexibility index (Phi) is 2.45. The molecular formula is C15H12N2O. The molecule has 3 rings (SSSR count). The molecule has 2 aromatic carbocycles. The van der Waals surface area contributed by atoms with Gasteiger partial charge in [0.05, 0.1) is 11.1 Å². The van der Waals surface area contributed by atoms with Crippen molar-refractivity contribution in [1.82, 2.24) is 10.2 Å². The first-order chi connectivity index (χ1) is 8.75. The molecule has 0 aliphatic heterocycles. The van der Waals surface area contributed by atoms with Crippen LogP contribution in [0, 0.1) is 6.92 Å². The third-order valence-electron chi connectivity index (χ3n) is 2.99. The highest BCUT2D eigenvalue weighted by Crippen LogP contribution is 2.24. The quantitative estimate of drug-likeness (QED) is 0.706. The van der Waals surface area contributed by atoms with E-state index in [4.69, 9.17) is 0 Å². The normalized spacial score (nSPS) is 10.7. The van der Waals surface area contributed by atoms with Crippen LogP contribution in [0.2, 0.25) is 0 Å². The second-order valence-electron chi connectivity index (χ2n) is 4.32. The fourth-order valence-electron chi connectivity index (χ4n) is 2.13. The Morgan fingerprint density at radius 2 is 1.78 bits per heavy atom. The molecule has 0 saturated heterocycles. The van der Waals surface area contributed by atoms with Gasteiger partial charge in [-0.3, -0.25) is 4.79 Å². The van der Waals surface area contributed by atoms with Crippen molar-refractivity contribution in [3.8, 4) is 11.3 Å². The molecule has 0 atom stereocenters. The van der Waals surface area contributed by atoms with Crippen LogP contribution in [-0.4, -0.2) is 10.2 Å². The van der Waals surface area contributed by atoms with Crippen molar-refractivity contribution < 1.29 is 0 Å². The van der Waals surface area contributed by atoms with E-state index in [0.717, 1.165) is 16.6 Å². The summed E-state index contributed by atoms with van der Waals surface area (Å²) in [4.78, 5) is 11.7. The van der Waals surface area contributed by atoms with Crippen LogP contribution < -0.4 is 5.56 Å². The van der Waals surface area contributed by atoms with Gasteiger partial charge < -0.3 is 0 Å². The van der Waals surface area contributed by atoms with Gasteiger partial charge >= 0.3 is 0 Å². The highest BCUT2D eigenvalue weighted by Gasteiger charge is 2.07. The van der Waals surface area contributed by atoms with E-state index in [2.05, 4.69) is 16.3 Å². The summed E-state index contributed by atoms with van der Waals surface area (Å²) in [5, 5.41) is 8.29. The highest BCUT2D eigenvalue weighted by molar-refractivity contribution is 5.93. The fraction of sp³-hybridized carbons (Fsp3) is 0.0667. The van der Waals surface area contributed by atoms with Crippen molar-refractivity contribution in [3.63, 3.8) is 0 Å². The monoisotopic (exact) mass is 236 g/mol. The Labute approximate surface area is 104 Å². The van der Waals surface area contributed by atoms with Crippen molar-refractivity contribution in [3.05, 3.63) is 64.4 Å². The number of fused-ring (bicyclic) bond motifs is 1. The number of hydrogen-bond acceptors (Lipinski definition) is 2. The number of rotatable bonds is 1. The summed E-state index contributed by atoms with van der Waals surface area (Å²) in [7, 11) is 0. The predicted octanol–water partition coefficient (Wildman–Crippen LogP) is 2.90. The Morgan fingerprint density at radius 1 is 1.00 bits per heavy atom. The zero-order valence-corrected chi connectivity index (χ0v) is 9.97. The smallest absolute Gasteiger partial charge is 0.267 e. The molecule has 18 heavy (non-hydrogen) atoms. The highest BCUT2D eigenvalue weighted by atomic mass is 16.1. The number of aryl methyl sites for hydroxylation is 1. The molecule has 0 aliphatic carbocycles. The van der Waals surface area contributed by atoms with Crippen LogP contribution in [0.5, 0.6) is 0 Å². The van der Waals surface area contributed by atoms with Crippen molar-refractivity contribution in [2.75, 3.05) is 0 Å². The maximum Gasteiger partial charge on any atom is 0.272 e. The standard InChI is InChI=1S/C15H12N2O/c1-10-5-4-6-11(9-10)14-12-7-2-3-8-13(12)15(18)17-16-14/h2-9H,1H3,(H,17,18). The van der Waals surface area contributed by atoms with Crippen LogP contribution in [0.3, 0.4) is 0 Å². The van der Waals surface area contributed by atoms with Gasteiger partial charge in [0.1, 0.15) is 0 Å². The summed E-state index contributed by atoms with van der Waals surface area (Å²) in [6.07, 6.45) is 0. The largest absolute Gasteiger partial charge is 0.272 e. The lowest BCUT2D eigenvalue weighted by Gasteiger charge is -2.05. The van der Waals surface area contributed by atoms with Gasteiger partial charge in [0.2, 0.25) is 0 Å². The zero-order chi connectivity index (χ0) is 12.5. The molecule has 0 radical (unpaired) electrons. The van der Waals surface area contributed by atoms with Gasteiger partial charge in [-0.2, -0.15) is 5.10 Å². The molecule has 0 bridgehead atoms. The van der Waals surface area contributed by atoms with E-state index >= 15 is 0 Å². The van der Waals surface area contributed by atoms with Crippen molar-refractivity contribution in [2.24, 2.45) is 0 Å². The van der Waals surface area contributed by atoms with Crippen LogP contribution in [0.15, 0.2) is 53.3 Å². The van der Waals surface area contributed by atoms with Gasteiger partial charge in [-0.15, -0.1) is 0 Å². The van der Waals surface area contributed by atoms with E-state index in [9.17, 15) is 4.79 Å². The minimum atomic E-state index is -0.151. The maximum atomic E-state index is 11.7. The number of hydrogen-bond donors (Lipinski definition) is 1. The van der Waals surface area contributed by atoms with Crippen LogP contribution in [0.25, 0.3) is 22.0 Å². The SMILES string of the molecule is Cc1cccc(-c2n[nH]c(=O)c3ccccc23)c1. The molecule has 0 spiro atoms. The molecule has 0 unspecified atom stereocenters. The van der Waals surface area contributed by atoms with E-state index < -0.39 is 0 Å². The van der Waals surface area contributed by atoms with Crippen molar-refractivity contribution >= 4 is 10.8 Å². The average Bonchev–Trinajstić information content (AvgIpc) is 2.39. The molecule has 3 aromatic rings. The molecule has 3 nitrogen and oxygen atoms in total. The van der Waals surface area contributed by atoms with Gasteiger partial charge in [-0.05, 0) is 19.1 Å². The number of nitrogens with one attached hydrogen (secondary N) is 1. The summed E-state index contributed by atoms with van der Waals surface area (Å²) in [6.45, 7) is 2.04. The number of nitrogens with zero attached hydrogens (tertiary/aromatic N) is 1. The maximum absolute atomic E-state index is 11.7. The van der Waals surface area contributed by atoms with E-state index in [1.807, 2.05) is 49.4 Å². The van der Waals surface area contributed by atoms with E-state index in [-0.39, 0.29) is 5.56 Å². The minimum Gasteiger partial charge on any atom is -0.267 e. The Bertz CT molecular complexity index is 775. The lowest BCUT2D eigenvalue weighted by atomic mass is 10.0. The fourth-order valence-corrected chi connectivity index (χ4v) is 2.13. The molecule has 0 fully saturated rings. The van der Waals surface area contributed by atoms with Gasteiger partial charge in [0.15, 0.2) is 0 Å². The van der Waals surface area contributed by atoms with Crippen LogP contribution in [0.1, 0.15) is 5.56 Å². The first-order valence-electron chi connectivity index (χ1n) is 5.80. The lowest BCUT2D eigenvalue weighted by molar-refractivity contribution is 1.02. The Morgan fingerprint density at radius 3 is 2.56 bits per heavy atom. The number of aromatic nitrogens is 2.